The van der Waals surface area contributed by atoms with E-state index in [0.29, 0.717) is 11.1 Å². The van der Waals surface area contributed by atoms with Crippen molar-refractivity contribution in [3.05, 3.63) is 45.0 Å². The van der Waals surface area contributed by atoms with Gasteiger partial charge in [-0.1, -0.05) is 23.1 Å². The Morgan fingerprint density at radius 1 is 1.48 bits per heavy atom. The Hall–Kier alpha value is -1.87. The van der Waals surface area contributed by atoms with Crippen molar-refractivity contribution < 1.29 is 18.5 Å². The molecule has 0 fully saturated rings. The van der Waals surface area contributed by atoms with E-state index in [1.807, 2.05) is 0 Å². The molecule has 0 atom stereocenters. The van der Waals surface area contributed by atoms with Crippen LogP contribution in [0.4, 0.5) is 14.6 Å². The monoisotopic (exact) mass is 330 g/mol. The number of carbonyl (C=O) groups is 1. The van der Waals surface area contributed by atoms with Crippen LogP contribution in [-0.4, -0.2) is 15.7 Å². The molecule has 0 N–H and O–H groups in total. The SMILES string of the molecule is CC(=O)Cc1nc([N+](=O)[O-])c(Sc2ccc(F)cc2F)s1. The molecule has 1 aromatic heterocycles. The molecule has 0 spiro atoms. The van der Waals surface area contributed by atoms with Crippen molar-refractivity contribution in [2.24, 2.45) is 0 Å². The summed E-state index contributed by atoms with van der Waals surface area (Å²) in [6, 6.07) is 2.96. The van der Waals surface area contributed by atoms with E-state index >= 15 is 0 Å². The number of aromatic nitrogens is 1. The lowest BCUT2D eigenvalue weighted by molar-refractivity contribution is -0.391. The van der Waals surface area contributed by atoms with E-state index < -0.39 is 22.4 Å². The van der Waals surface area contributed by atoms with E-state index in [2.05, 4.69) is 4.98 Å². The topological polar surface area (TPSA) is 73.1 Å². The minimum Gasteiger partial charge on any atom is -0.358 e. The highest BCUT2D eigenvalue weighted by molar-refractivity contribution is 8.01. The minimum absolute atomic E-state index is 0.0159. The summed E-state index contributed by atoms with van der Waals surface area (Å²) in [6.07, 6.45) is -0.0159. The molecule has 9 heteroatoms. The number of halogens is 2. The highest BCUT2D eigenvalue weighted by atomic mass is 32.2. The summed E-state index contributed by atoms with van der Waals surface area (Å²) in [5.41, 5.74) is 0. The second-order valence-corrected chi connectivity index (χ2v) is 6.43. The van der Waals surface area contributed by atoms with E-state index in [9.17, 15) is 23.7 Å². The molecular formula is C12H8F2N2O3S2. The molecule has 5 nitrogen and oxygen atoms in total. The quantitative estimate of drug-likeness (QED) is 0.618. The average molecular weight is 330 g/mol. The number of Topliss-reactive ketones (excluding diaryl/α,β-unsaturated/α-hetero) is 1. The fourth-order valence-corrected chi connectivity index (χ4v) is 3.73. The molecule has 1 heterocycles. The number of carbonyl (C=O) groups excluding carboxylic acids is 1. The van der Waals surface area contributed by atoms with Crippen molar-refractivity contribution in [1.29, 1.82) is 0 Å². The Labute approximate surface area is 126 Å². The zero-order valence-electron chi connectivity index (χ0n) is 10.6. The largest absolute Gasteiger partial charge is 0.389 e. The van der Waals surface area contributed by atoms with Gasteiger partial charge in [0.25, 0.3) is 0 Å². The third kappa shape index (κ3) is 3.82. The average Bonchev–Trinajstić information content (AvgIpc) is 2.75. The van der Waals surface area contributed by atoms with Crippen molar-refractivity contribution in [2.75, 3.05) is 0 Å². The van der Waals surface area contributed by atoms with Crippen LogP contribution >= 0.6 is 23.1 Å². The van der Waals surface area contributed by atoms with Gasteiger partial charge in [0.2, 0.25) is 5.01 Å². The summed E-state index contributed by atoms with van der Waals surface area (Å²) < 4.78 is 26.6. The maximum absolute atomic E-state index is 13.6. The van der Waals surface area contributed by atoms with Crippen LogP contribution in [0.2, 0.25) is 0 Å². The van der Waals surface area contributed by atoms with Gasteiger partial charge in [0.1, 0.15) is 17.4 Å². The highest BCUT2D eigenvalue weighted by Gasteiger charge is 2.25. The second-order valence-electron chi connectivity index (χ2n) is 4.03. The minimum atomic E-state index is -0.809. The number of rotatable bonds is 5. The summed E-state index contributed by atoms with van der Waals surface area (Å²) in [5, 5.41) is 11.2. The van der Waals surface area contributed by atoms with Gasteiger partial charge in [-0.3, -0.25) is 4.79 Å². The Balaban J connectivity index is 2.35. The maximum Gasteiger partial charge on any atom is 0.389 e. The molecule has 0 aliphatic carbocycles. The Kier molecular flexibility index (Phi) is 4.63. The van der Waals surface area contributed by atoms with E-state index in [0.717, 1.165) is 29.2 Å². The molecule has 2 rings (SSSR count). The molecule has 0 saturated carbocycles. The first-order chi connectivity index (χ1) is 9.86. The molecule has 110 valence electrons. The van der Waals surface area contributed by atoms with Crippen molar-refractivity contribution >= 4 is 34.7 Å². The molecule has 0 aliphatic heterocycles. The molecular weight excluding hydrogens is 322 g/mol. The van der Waals surface area contributed by atoms with Crippen LogP contribution in [0, 0.1) is 21.7 Å². The Morgan fingerprint density at radius 3 is 2.76 bits per heavy atom. The molecule has 0 amide bonds. The van der Waals surface area contributed by atoms with Gasteiger partial charge in [0.05, 0.1) is 6.42 Å². The number of hydrogen-bond donors (Lipinski definition) is 0. The number of ketones is 1. The van der Waals surface area contributed by atoms with Crippen LogP contribution in [0.25, 0.3) is 0 Å². The summed E-state index contributed by atoms with van der Waals surface area (Å²) in [6.45, 7) is 1.35. The molecule has 0 bridgehead atoms. The van der Waals surface area contributed by atoms with E-state index in [-0.39, 0.29) is 21.3 Å². The van der Waals surface area contributed by atoms with E-state index in [4.69, 9.17) is 0 Å². The number of nitro groups is 1. The van der Waals surface area contributed by atoms with Crippen molar-refractivity contribution in [3.63, 3.8) is 0 Å². The third-order valence-corrected chi connectivity index (χ3v) is 4.55. The lowest BCUT2D eigenvalue weighted by atomic mass is 10.3. The van der Waals surface area contributed by atoms with Crippen LogP contribution in [0.1, 0.15) is 11.9 Å². The molecule has 2 aromatic rings. The first-order valence-corrected chi connectivity index (χ1v) is 7.26. The Morgan fingerprint density at radius 2 is 2.19 bits per heavy atom. The number of thiazole rings is 1. The van der Waals surface area contributed by atoms with Crippen LogP contribution in [0.3, 0.4) is 0 Å². The zero-order valence-corrected chi connectivity index (χ0v) is 12.3. The standard InChI is InChI=1S/C12H8F2N2O3S2/c1-6(17)4-10-15-11(16(18)19)12(21-10)20-9-3-2-7(13)5-8(9)14/h2-3,5H,4H2,1H3. The lowest BCUT2D eigenvalue weighted by Gasteiger charge is -2.00. The predicted octanol–water partition coefficient (Wildman–Crippen LogP) is 3.61. The predicted molar refractivity (Wildman–Crippen MR) is 73.6 cm³/mol. The van der Waals surface area contributed by atoms with Gasteiger partial charge < -0.3 is 10.1 Å². The maximum atomic E-state index is 13.6. The van der Waals surface area contributed by atoms with Gasteiger partial charge in [-0.2, -0.15) is 0 Å². The molecule has 21 heavy (non-hydrogen) atoms. The summed E-state index contributed by atoms with van der Waals surface area (Å²) in [4.78, 5) is 25.1. The van der Waals surface area contributed by atoms with Crippen LogP contribution < -0.4 is 0 Å². The molecule has 0 saturated heterocycles. The van der Waals surface area contributed by atoms with Gasteiger partial charge in [-0.15, -0.1) is 0 Å². The van der Waals surface area contributed by atoms with E-state index in [1.54, 1.807) is 0 Å². The molecule has 1 aromatic carbocycles. The van der Waals surface area contributed by atoms with Gasteiger partial charge in [0.15, 0.2) is 4.21 Å². The Bertz CT molecular complexity index is 719. The zero-order chi connectivity index (χ0) is 15.6. The van der Waals surface area contributed by atoms with Crippen molar-refractivity contribution in [2.45, 2.75) is 22.4 Å². The summed E-state index contributed by atoms with van der Waals surface area (Å²) >= 11 is 1.74. The fourth-order valence-electron chi connectivity index (χ4n) is 1.47. The molecule has 0 aliphatic rings. The third-order valence-electron chi connectivity index (χ3n) is 2.29. The van der Waals surface area contributed by atoms with Crippen molar-refractivity contribution in [1.82, 2.24) is 4.98 Å². The molecule has 0 unspecified atom stereocenters. The first-order valence-electron chi connectivity index (χ1n) is 5.63. The first kappa shape index (κ1) is 15.5. The van der Waals surface area contributed by atoms with Crippen LogP contribution in [0.15, 0.2) is 27.3 Å². The van der Waals surface area contributed by atoms with Gasteiger partial charge in [-0.05, 0) is 29.0 Å². The molecule has 0 radical (unpaired) electrons. The van der Waals surface area contributed by atoms with Crippen LogP contribution in [-0.2, 0) is 11.2 Å². The number of hydrogen-bond acceptors (Lipinski definition) is 6. The fraction of sp³-hybridized carbons (Fsp3) is 0.167. The van der Waals surface area contributed by atoms with Gasteiger partial charge in [0, 0.05) is 11.0 Å². The summed E-state index contributed by atoms with van der Waals surface area (Å²) in [5.74, 6) is -2.14. The summed E-state index contributed by atoms with van der Waals surface area (Å²) in [7, 11) is 0. The highest BCUT2D eigenvalue weighted by Crippen LogP contribution is 2.40. The number of benzene rings is 1. The van der Waals surface area contributed by atoms with Gasteiger partial charge in [-0.25, -0.2) is 8.78 Å². The van der Waals surface area contributed by atoms with Crippen LogP contribution in [0.5, 0.6) is 0 Å². The second kappa shape index (κ2) is 6.27. The number of nitrogens with zero attached hydrogens (tertiary/aromatic N) is 2. The van der Waals surface area contributed by atoms with E-state index in [1.165, 1.54) is 13.0 Å². The smallest absolute Gasteiger partial charge is 0.358 e. The normalized spacial score (nSPS) is 10.6. The lowest BCUT2D eigenvalue weighted by Crippen LogP contribution is -1.96. The van der Waals surface area contributed by atoms with Gasteiger partial charge >= 0.3 is 5.82 Å². The van der Waals surface area contributed by atoms with Crippen molar-refractivity contribution in [3.8, 4) is 0 Å².